The Morgan fingerprint density at radius 1 is 1.25 bits per heavy atom. The Bertz CT molecular complexity index is 616. The summed E-state index contributed by atoms with van der Waals surface area (Å²) in [5, 5.41) is 10.9. The molecule has 1 aliphatic heterocycles. The number of piperidine rings is 1. The van der Waals surface area contributed by atoms with Gasteiger partial charge in [0.1, 0.15) is 0 Å². The quantitative estimate of drug-likeness (QED) is 0.851. The molecule has 0 N–H and O–H groups in total. The first-order valence-electron chi connectivity index (χ1n) is 6.99. The van der Waals surface area contributed by atoms with Crippen molar-refractivity contribution in [1.82, 2.24) is 15.1 Å². The zero-order valence-corrected chi connectivity index (χ0v) is 12.6. The smallest absolute Gasteiger partial charge is 0.159 e. The van der Waals surface area contributed by atoms with Gasteiger partial charge in [-0.25, -0.2) is 0 Å². The maximum absolute atomic E-state index is 6.14. The van der Waals surface area contributed by atoms with Crippen molar-refractivity contribution in [1.29, 1.82) is 0 Å². The first kappa shape index (κ1) is 13.6. The molecule has 5 heteroatoms. The number of fused-ring (bicyclic) bond motifs is 1. The van der Waals surface area contributed by atoms with E-state index in [9.17, 15) is 0 Å². The molecule has 0 amide bonds. The van der Waals surface area contributed by atoms with Gasteiger partial charge in [-0.15, -0.1) is 10.2 Å². The lowest BCUT2D eigenvalue weighted by molar-refractivity contribution is 0.247. The summed E-state index contributed by atoms with van der Waals surface area (Å²) in [6, 6.07) is 8.54. The molecule has 0 bridgehead atoms. The van der Waals surface area contributed by atoms with Crippen LogP contribution in [0, 0.1) is 0 Å². The van der Waals surface area contributed by atoms with E-state index in [0.717, 1.165) is 23.1 Å². The third kappa shape index (κ3) is 2.45. The lowest BCUT2D eigenvalue weighted by Gasteiger charge is -2.36. The maximum atomic E-state index is 6.14. The van der Waals surface area contributed by atoms with E-state index < -0.39 is 0 Å². The SMILES string of the molecule is CN1CCC[C@@H](N(C)c2nnc(Cl)c3ccccc23)C1. The predicted molar refractivity (Wildman–Crippen MR) is 83.5 cm³/mol. The van der Waals surface area contributed by atoms with E-state index >= 15 is 0 Å². The van der Waals surface area contributed by atoms with E-state index in [1.165, 1.54) is 19.4 Å². The largest absolute Gasteiger partial charge is 0.353 e. The topological polar surface area (TPSA) is 32.3 Å². The number of likely N-dealkylation sites (tertiary alicyclic amines) is 1. The molecule has 0 radical (unpaired) electrons. The van der Waals surface area contributed by atoms with Gasteiger partial charge in [0.05, 0.1) is 0 Å². The van der Waals surface area contributed by atoms with Crippen LogP contribution in [0.4, 0.5) is 5.82 Å². The van der Waals surface area contributed by atoms with Crippen molar-refractivity contribution >= 4 is 28.2 Å². The number of hydrogen-bond donors (Lipinski definition) is 0. The number of hydrogen-bond acceptors (Lipinski definition) is 4. The zero-order valence-electron chi connectivity index (χ0n) is 11.9. The second-order valence-corrected chi connectivity index (χ2v) is 5.89. The van der Waals surface area contributed by atoms with Crippen molar-refractivity contribution in [3.63, 3.8) is 0 Å². The van der Waals surface area contributed by atoms with Crippen LogP contribution in [0.1, 0.15) is 12.8 Å². The molecular weight excluding hydrogens is 272 g/mol. The Hall–Kier alpha value is -1.39. The van der Waals surface area contributed by atoms with Gasteiger partial charge in [0.15, 0.2) is 11.0 Å². The number of halogens is 1. The van der Waals surface area contributed by atoms with Crippen molar-refractivity contribution in [3.8, 4) is 0 Å². The van der Waals surface area contributed by atoms with Crippen LogP contribution in [0.3, 0.4) is 0 Å². The van der Waals surface area contributed by atoms with Gasteiger partial charge in [-0.2, -0.15) is 0 Å². The molecule has 1 atom stereocenters. The highest BCUT2D eigenvalue weighted by molar-refractivity contribution is 6.34. The minimum Gasteiger partial charge on any atom is -0.353 e. The van der Waals surface area contributed by atoms with Crippen LogP contribution in [0.2, 0.25) is 5.15 Å². The van der Waals surface area contributed by atoms with Gasteiger partial charge in [0.2, 0.25) is 0 Å². The van der Waals surface area contributed by atoms with Crippen molar-refractivity contribution in [2.75, 3.05) is 32.1 Å². The highest BCUT2D eigenvalue weighted by atomic mass is 35.5. The average Bonchev–Trinajstić information content (AvgIpc) is 2.47. The van der Waals surface area contributed by atoms with E-state index in [-0.39, 0.29) is 0 Å². The van der Waals surface area contributed by atoms with Crippen LogP contribution in [-0.2, 0) is 0 Å². The predicted octanol–water partition coefficient (Wildman–Crippen LogP) is 2.81. The third-order valence-electron chi connectivity index (χ3n) is 4.10. The van der Waals surface area contributed by atoms with Crippen LogP contribution in [0.15, 0.2) is 24.3 Å². The molecule has 1 aromatic carbocycles. The molecule has 1 fully saturated rings. The van der Waals surface area contributed by atoms with E-state index in [4.69, 9.17) is 11.6 Å². The molecule has 2 aromatic rings. The van der Waals surface area contributed by atoms with Crippen molar-refractivity contribution in [3.05, 3.63) is 29.4 Å². The van der Waals surface area contributed by atoms with E-state index in [1.807, 2.05) is 18.2 Å². The normalized spacial score (nSPS) is 20.2. The van der Waals surface area contributed by atoms with Crippen molar-refractivity contribution in [2.24, 2.45) is 0 Å². The second kappa shape index (κ2) is 5.54. The lowest BCUT2D eigenvalue weighted by Crippen LogP contribution is -2.45. The van der Waals surface area contributed by atoms with Gasteiger partial charge in [-0.05, 0) is 26.4 Å². The molecule has 0 aliphatic carbocycles. The first-order chi connectivity index (χ1) is 9.66. The molecular formula is C15H19ClN4. The molecule has 2 heterocycles. The molecule has 1 saturated heterocycles. The molecule has 20 heavy (non-hydrogen) atoms. The Morgan fingerprint density at radius 2 is 2.00 bits per heavy atom. The zero-order chi connectivity index (χ0) is 14.1. The summed E-state index contributed by atoms with van der Waals surface area (Å²) < 4.78 is 0. The van der Waals surface area contributed by atoms with Gasteiger partial charge in [-0.3, -0.25) is 0 Å². The highest BCUT2D eigenvalue weighted by Gasteiger charge is 2.23. The Balaban J connectivity index is 1.99. The van der Waals surface area contributed by atoms with Gasteiger partial charge in [0, 0.05) is 30.4 Å². The number of rotatable bonds is 2. The average molecular weight is 291 g/mol. The standard InChI is InChI=1S/C15H19ClN4/c1-19-9-5-6-11(10-19)20(2)15-13-8-4-3-7-12(13)14(16)17-18-15/h3-4,7-8,11H,5-6,9-10H2,1-2H3/t11-/m1/s1. The fourth-order valence-corrected chi connectivity index (χ4v) is 3.15. The summed E-state index contributed by atoms with van der Waals surface area (Å²) >= 11 is 6.14. The van der Waals surface area contributed by atoms with E-state index in [1.54, 1.807) is 0 Å². The number of nitrogens with zero attached hydrogens (tertiary/aromatic N) is 4. The first-order valence-corrected chi connectivity index (χ1v) is 7.37. The van der Waals surface area contributed by atoms with Gasteiger partial charge in [0.25, 0.3) is 0 Å². The fourth-order valence-electron chi connectivity index (χ4n) is 2.95. The molecule has 1 aliphatic rings. The van der Waals surface area contributed by atoms with Crippen molar-refractivity contribution < 1.29 is 0 Å². The minimum atomic E-state index is 0.471. The Kier molecular flexibility index (Phi) is 3.76. The van der Waals surface area contributed by atoms with Gasteiger partial charge >= 0.3 is 0 Å². The third-order valence-corrected chi connectivity index (χ3v) is 4.38. The number of benzene rings is 1. The molecule has 3 rings (SSSR count). The van der Waals surface area contributed by atoms with Crippen LogP contribution in [0.5, 0.6) is 0 Å². The van der Waals surface area contributed by atoms with E-state index in [2.05, 4.69) is 40.2 Å². The van der Waals surface area contributed by atoms with Gasteiger partial charge < -0.3 is 9.80 Å². The molecule has 0 saturated carbocycles. The highest BCUT2D eigenvalue weighted by Crippen LogP contribution is 2.29. The monoisotopic (exact) mass is 290 g/mol. The van der Waals surface area contributed by atoms with Gasteiger partial charge in [-0.1, -0.05) is 35.9 Å². The van der Waals surface area contributed by atoms with Crippen LogP contribution < -0.4 is 4.90 Å². The Labute approximate surface area is 124 Å². The molecule has 1 aromatic heterocycles. The number of anilines is 1. The molecule has 106 valence electrons. The lowest BCUT2D eigenvalue weighted by atomic mass is 10.0. The number of likely N-dealkylation sites (N-methyl/N-ethyl adjacent to an activating group) is 2. The Morgan fingerprint density at radius 3 is 2.75 bits per heavy atom. The minimum absolute atomic E-state index is 0.471. The summed E-state index contributed by atoms with van der Waals surface area (Å²) in [6.45, 7) is 2.24. The summed E-state index contributed by atoms with van der Waals surface area (Å²) in [4.78, 5) is 4.62. The molecule has 4 nitrogen and oxygen atoms in total. The van der Waals surface area contributed by atoms with Crippen molar-refractivity contribution in [2.45, 2.75) is 18.9 Å². The fraction of sp³-hybridized carbons (Fsp3) is 0.467. The van der Waals surface area contributed by atoms with Crippen LogP contribution in [0.25, 0.3) is 10.8 Å². The molecule has 0 spiro atoms. The number of aromatic nitrogens is 2. The molecule has 0 unspecified atom stereocenters. The summed E-state index contributed by atoms with van der Waals surface area (Å²) in [6.07, 6.45) is 2.42. The van der Waals surface area contributed by atoms with Crippen LogP contribution >= 0.6 is 11.6 Å². The summed E-state index contributed by atoms with van der Waals surface area (Å²) in [7, 11) is 4.28. The second-order valence-electron chi connectivity index (χ2n) is 5.53. The maximum Gasteiger partial charge on any atom is 0.159 e. The van der Waals surface area contributed by atoms with E-state index in [0.29, 0.717) is 11.2 Å². The summed E-state index contributed by atoms with van der Waals surface area (Å²) in [5.41, 5.74) is 0. The summed E-state index contributed by atoms with van der Waals surface area (Å²) in [5.74, 6) is 0.922. The van der Waals surface area contributed by atoms with Crippen LogP contribution in [-0.4, -0.2) is 48.3 Å².